The highest BCUT2D eigenvalue weighted by atomic mass is 31.2. The third-order valence-corrected chi connectivity index (χ3v) is 10.3. The molecule has 5 N–H and O–H groups in total. The number of carbonyl (C=O) groups is 2. The summed E-state index contributed by atoms with van der Waals surface area (Å²) >= 11 is 0. The molecule has 0 saturated carbocycles. The lowest BCUT2D eigenvalue weighted by Crippen LogP contribution is -2.29. The minimum Gasteiger partial charge on any atom is -0.462 e. The lowest BCUT2D eigenvalue weighted by Gasteiger charge is -2.20. The Labute approximate surface area is 342 Å². The first-order chi connectivity index (χ1) is 27.2. The summed E-state index contributed by atoms with van der Waals surface area (Å²) < 4.78 is 47.6. The molecule has 0 aromatic carbocycles. The molecule has 0 fully saturated rings. The zero-order chi connectivity index (χ0) is 42.6. The van der Waals surface area contributed by atoms with Gasteiger partial charge in [0.1, 0.15) is 12.7 Å². The Bertz CT molecular complexity index is 1230. The second-order valence-corrected chi connectivity index (χ2v) is 17.1. The Hall–Kier alpha value is -1.96. The van der Waals surface area contributed by atoms with Crippen molar-refractivity contribution < 1.29 is 66.7 Å². The van der Waals surface area contributed by atoms with E-state index in [4.69, 9.17) is 23.8 Å². The summed E-state index contributed by atoms with van der Waals surface area (Å²) in [5, 5.41) is 19.9. The summed E-state index contributed by atoms with van der Waals surface area (Å²) in [6.07, 6.45) is 30.1. The maximum absolute atomic E-state index is 12.6. The van der Waals surface area contributed by atoms with E-state index in [9.17, 15) is 33.8 Å². The van der Waals surface area contributed by atoms with Crippen molar-refractivity contribution in [1.29, 1.82) is 0 Å². The topological polar surface area (TPSA) is 216 Å². The predicted octanol–water partition coefficient (Wildman–Crippen LogP) is 9.11. The summed E-state index contributed by atoms with van der Waals surface area (Å²) in [5.41, 5.74) is 0. The smallest absolute Gasteiger partial charge is 0.462 e. The van der Waals surface area contributed by atoms with Crippen molar-refractivity contribution in [3.05, 3.63) is 48.6 Å². The van der Waals surface area contributed by atoms with E-state index in [-0.39, 0.29) is 12.8 Å². The molecule has 0 heterocycles. The molecule has 5 atom stereocenters. The van der Waals surface area contributed by atoms with Gasteiger partial charge in [0.15, 0.2) is 6.10 Å². The number of unbranched alkanes of at least 4 members (excludes halogenated alkanes) is 11. The van der Waals surface area contributed by atoms with E-state index in [0.29, 0.717) is 25.7 Å². The molecule has 0 spiro atoms. The molecule has 57 heavy (non-hydrogen) atoms. The maximum atomic E-state index is 12.6. The average Bonchev–Trinajstić information content (AvgIpc) is 3.16. The number of rotatable bonds is 38. The Kier molecular flexibility index (Phi) is 34.7. The van der Waals surface area contributed by atoms with Gasteiger partial charge in [-0.3, -0.25) is 23.2 Å². The number of ether oxygens (including phenoxy) is 2. The van der Waals surface area contributed by atoms with Gasteiger partial charge in [-0.25, -0.2) is 9.13 Å². The highest BCUT2D eigenvalue weighted by Gasteiger charge is 2.28. The van der Waals surface area contributed by atoms with Crippen LogP contribution < -0.4 is 0 Å². The van der Waals surface area contributed by atoms with Crippen LogP contribution in [0.2, 0.25) is 0 Å². The van der Waals surface area contributed by atoms with E-state index < -0.39 is 72.3 Å². The molecule has 0 bridgehead atoms. The van der Waals surface area contributed by atoms with Crippen LogP contribution in [0.1, 0.15) is 149 Å². The van der Waals surface area contributed by atoms with Gasteiger partial charge in [-0.05, 0) is 50.9 Å². The third-order valence-electron chi connectivity index (χ3n) is 8.83. The fourth-order valence-corrected chi connectivity index (χ4v) is 6.37. The van der Waals surface area contributed by atoms with E-state index in [2.05, 4.69) is 42.0 Å². The fourth-order valence-electron chi connectivity index (χ4n) is 5.22. The van der Waals surface area contributed by atoms with Crippen LogP contribution in [0, 0.1) is 5.92 Å². The summed E-state index contributed by atoms with van der Waals surface area (Å²) in [6.45, 7) is 3.84. The van der Waals surface area contributed by atoms with Crippen molar-refractivity contribution in [2.75, 3.05) is 26.4 Å². The van der Waals surface area contributed by atoms with E-state index in [1.165, 1.54) is 57.8 Å². The Balaban J connectivity index is 4.75. The molecule has 0 aliphatic carbocycles. The minimum atomic E-state index is -4.88. The SMILES string of the molecule is CCCCC/C=C\C/C=C\CC(O)/C=C\C=C\CCCC(=O)O[C@H](COC(=O)CCCCCCCCCCC(C)CC)COP(=O)(O)OC[C@@H](O)COP(=O)(O)O. The van der Waals surface area contributed by atoms with Gasteiger partial charge in [0.2, 0.25) is 0 Å². The quantitative estimate of drug-likeness (QED) is 0.0129. The van der Waals surface area contributed by atoms with Gasteiger partial charge in [-0.1, -0.05) is 140 Å². The van der Waals surface area contributed by atoms with Crippen molar-refractivity contribution in [3.63, 3.8) is 0 Å². The Morgan fingerprint density at radius 1 is 0.649 bits per heavy atom. The average molecular weight is 853 g/mol. The number of aliphatic hydroxyl groups excluding tert-OH is 2. The molecule has 0 amide bonds. The molecule has 0 aromatic rings. The van der Waals surface area contributed by atoms with Gasteiger partial charge in [-0.15, -0.1) is 0 Å². The molecule has 0 aliphatic rings. The first-order valence-electron chi connectivity index (χ1n) is 20.8. The van der Waals surface area contributed by atoms with Crippen molar-refractivity contribution in [3.8, 4) is 0 Å². The molecule has 0 radical (unpaired) electrons. The number of hydrogen-bond donors (Lipinski definition) is 5. The van der Waals surface area contributed by atoms with E-state index >= 15 is 0 Å². The Morgan fingerprint density at radius 2 is 1.26 bits per heavy atom. The normalized spacial score (nSPS) is 15.7. The highest BCUT2D eigenvalue weighted by molar-refractivity contribution is 7.47. The van der Waals surface area contributed by atoms with Crippen LogP contribution in [0.5, 0.6) is 0 Å². The summed E-state index contributed by atoms with van der Waals surface area (Å²) in [5.74, 6) is -0.380. The second-order valence-electron chi connectivity index (χ2n) is 14.4. The van der Waals surface area contributed by atoms with Crippen LogP contribution in [0.3, 0.4) is 0 Å². The maximum Gasteiger partial charge on any atom is 0.472 e. The first-order valence-corrected chi connectivity index (χ1v) is 23.9. The van der Waals surface area contributed by atoms with E-state index in [0.717, 1.165) is 38.0 Å². The standard InChI is InChI=1S/C41H74O14P2/c1-4-6-7-8-9-10-14-18-23-28-37(42)29-24-19-16-21-26-31-41(45)55-39(35-54-57(49,50)53-33-38(43)32-52-56(46,47)48)34-51-40(44)30-25-20-15-12-11-13-17-22-27-36(3)5-2/h9-10,16,18-19,23-24,29,36-39,42-43H,4-8,11-15,17,20-22,25-28,30-35H2,1-3H3,(H,49,50)(H2,46,47,48)/b10-9-,19-16+,23-18-,29-24-/t36?,37?,38-,39+/m0/s1. The zero-order valence-corrected chi connectivity index (χ0v) is 36.5. The Morgan fingerprint density at radius 3 is 1.95 bits per heavy atom. The molecule has 332 valence electrons. The highest BCUT2D eigenvalue weighted by Crippen LogP contribution is 2.43. The lowest BCUT2D eigenvalue weighted by atomic mass is 9.99. The number of carbonyl (C=O) groups excluding carboxylic acids is 2. The molecular formula is C41H74O14P2. The summed E-state index contributed by atoms with van der Waals surface area (Å²) in [6, 6.07) is 0. The summed E-state index contributed by atoms with van der Waals surface area (Å²) in [7, 11) is -9.72. The third kappa shape index (κ3) is 39.3. The molecule has 0 saturated heterocycles. The van der Waals surface area contributed by atoms with Gasteiger partial charge in [0, 0.05) is 12.8 Å². The molecule has 16 heteroatoms. The monoisotopic (exact) mass is 852 g/mol. The lowest BCUT2D eigenvalue weighted by molar-refractivity contribution is -0.161. The van der Waals surface area contributed by atoms with Gasteiger partial charge >= 0.3 is 27.6 Å². The van der Waals surface area contributed by atoms with E-state index in [1.807, 2.05) is 18.2 Å². The van der Waals surface area contributed by atoms with Crippen LogP contribution in [-0.2, 0) is 41.8 Å². The number of hydrogen-bond acceptors (Lipinski definition) is 11. The molecule has 0 aromatic heterocycles. The van der Waals surface area contributed by atoms with Crippen LogP contribution >= 0.6 is 15.6 Å². The summed E-state index contributed by atoms with van der Waals surface area (Å²) in [4.78, 5) is 52.6. The molecule has 14 nitrogen and oxygen atoms in total. The van der Waals surface area contributed by atoms with Gasteiger partial charge in [0.25, 0.3) is 0 Å². The molecular weight excluding hydrogens is 778 g/mol. The van der Waals surface area contributed by atoms with Crippen LogP contribution in [-0.4, -0.2) is 81.6 Å². The van der Waals surface area contributed by atoms with E-state index in [1.54, 1.807) is 18.2 Å². The van der Waals surface area contributed by atoms with Crippen molar-refractivity contribution in [2.45, 2.75) is 167 Å². The zero-order valence-electron chi connectivity index (χ0n) is 34.7. The second kappa shape index (κ2) is 35.9. The van der Waals surface area contributed by atoms with Gasteiger partial charge in [0.05, 0.1) is 25.9 Å². The van der Waals surface area contributed by atoms with Crippen LogP contribution in [0.25, 0.3) is 0 Å². The first kappa shape index (κ1) is 55.0. The van der Waals surface area contributed by atoms with Crippen LogP contribution in [0.4, 0.5) is 0 Å². The van der Waals surface area contributed by atoms with Gasteiger partial charge < -0.3 is 34.4 Å². The number of esters is 2. The predicted molar refractivity (Wildman–Crippen MR) is 222 cm³/mol. The largest absolute Gasteiger partial charge is 0.472 e. The number of phosphoric acid groups is 2. The van der Waals surface area contributed by atoms with Crippen LogP contribution in [0.15, 0.2) is 48.6 Å². The molecule has 0 rings (SSSR count). The molecule has 0 aliphatic heterocycles. The van der Waals surface area contributed by atoms with Crippen molar-refractivity contribution in [1.82, 2.24) is 0 Å². The van der Waals surface area contributed by atoms with Crippen molar-refractivity contribution >= 4 is 27.6 Å². The van der Waals surface area contributed by atoms with Crippen molar-refractivity contribution in [2.24, 2.45) is 5.92 Å². The molecule has 3 unspecified atom stereocenters. The minimum absolute atomic E-state index is 0.00409. The van der Waals surface area contributed by atoms with Gasteiger partial charge in [-0.2, -0.15) is 0 Å². The number of aliphatic hydroxyl groups is 2. The fraction of sp³-hybridized carbons (Fsp3) is 0.756. The number of allylic oxidation sites excluding steroid dienone is 6. The number of phosphoric ester groups is 2.